The smallest absolute Gasteiger partial charge is 0.123 e. The molecule has 0 aliphatic heterocycles. The molecule has 204 valence electrons. The highest BCUT2D eigenvalue weighted by molar-refractivity contribution is 5.32. The van der Waals surface area contributed by atoms with E-state index in [-0.39, 0.29) is 0 Å². The lowest BCUT2D eigenvalue weighted by molar-refractivity contribution is 0.0219. The van der Waals surface area contributed by atoms with Gasteiger partial charge in [-0.3, -0.25) is 0 Å². The molecule has 1 aromatic carbocycles. The topological polar surface area (TPSA) is 36.9 Å². The van der Waals surface area contributed by atoms with E-state index in [0.29, 0.717) is 32.3 Å². The summed E-state index contributed by atoms with van der Waals surface area (Å²) in [5, 5.41) is 0. The fraction of sp³-hybridized carbons (Fsp3) is 0.806. The highest BCUT2D eigenvalue weighted by Crippen LogP contribution is 2.20. The fourth-order valence-corrected chi connectivity index (χ4v) is 4.47. The summed E-state index contributed by atoms with van der Waals surface area (Å²) in [6, 6.07) is 7.66. The molecule has 0 saturated carbocycles. The van der Waals surface area contributed by atoms with Crippen molar-refractivity contribution in [3.05, 3.63) is 24.3 Å². The van der Waals surface area contributed by atoms with Crippen LogP contribution in [-0.4, -0.2) is 40.1 Å². The van der Waals surface area contributed by atoms with Crippen LogP contribution in [0.15, 0.2) is 24.3 Å². The Bertz CT molecular complexity index is 563. The van der Waals surface area contributed by atoms with Crippen molar-refractivity contribution < 1.29 is 18.9 Å². The van der Waals surface area contributed by atoms with Crippen LogP contribution in [0.25, 0.3) is 0 Å². The normalized spacial score (nSPS) is 12.1. The second-order valence-electron chi connectivity index (χ2n) is 9.90. The Labute approximate surface area is 217 Å². The highest BCUT2D eigenvalue weighted by atomic mass is 16.5. The van der Waals surface area contributed by atoms with E-state index in [4.69, 9.17) is 18.9 Å². The molecule has 0 bridgehead atoms. The summed E-state index contributed by atoms with van der Waals surface area (Å²) in [4.78, 5) is 0. The first-order valence-electron chi connectivity index (χ1n) is 14.7. The van der Waals surface area contributed by atoms with E-state index in [0.717, 1.165) is 18.1 Å². The molecule has 0 aliphatic carbocycles. The Kier molecular flexibility index (Phi) is 22.2. The Hall–Kier alpha value is -1.26. The molecule has 4 heteroatoms. The summed E-state index contributed by atoms with van der Waals surface area (Å²) in [6.45, 7) is 7.86. The molecule has 1 rings (SSSR count). The summed E-state index contributed by atoms with van der Waals surface area (Å²) in [5.74, 6) is 2.32. The molecule has 1 unspecified atom stereocenters. The summed E-state index contributed by atoms with van der Waals surface area (Å²) in [5.41, 5.74) is 0. The van der Waals surface area contributed by atoms with E-state index >= 15 is 0 Å². The minimum absolute atomic E-state index is 0.534. The van der Waals surface area contributed by atoms with Crippen LogP contribution in [-0.2, 0) is 9.47 Å². The Morgan fingerprint density at radius 3 is 1.71 bits per heavy atom. The molecule has 0 aliphatic rings. The van der Waals surface area contributed by atoms with Crippen molar-refractivity contribution in [2.45, 2.75) is 117 Å². The van der Waals surface area contributed by atoms with Gasteiger partial charge in [0, 0.05) is 12.7 Å². The minimum atomic E-state index is 0.534. The van der Waals surface area contributed by atoms with Gasteiger partial charge in [0.25, 0.3) is 0 Å². The quantitative estimate of drug-likeness (QED) is 0.121. The molecular formula is C31H56O4. The first-order valence-corrected chi connectivity index (χ1v) is 14.7. The lowest BCUT2D eigenvalue weighted by Gasteiger charge is -2.17. The molecule has 0 N–H and O–H groups in total. The van der Waals surface area contributed by atoms with Crippen molar-refractivity contribution in [3.63, 3.8) is 0 Å². The van der Waals surface area contributed by atoms with Gasteiger partial charge in [-0.1, -0.05) is 110 Å². The van der Waals surface area contributed by atoms with Gasteiger partial charge >= 0.3 is 0 Å². The molecule has 1 aromatic rings. The summed E-state index contributed by atoms with van der Waals surface area (Å²) >= 11 is 0. The Balaban J connectivity index is 2.12. The molecule has 0 heterocycles. The van der Waals surface area contributed by atoms with Gasteiger partial charge in [-0.15, -0.1) is 0 Å². The second kappa shape index (κ2) is 24.4. The van der Waals surface area contributed by atoms with Crippen LogP contribution in [0, 0.1) is 5.92 Å². The van der Waals surface area contributed by atoms with Gasteiger partial charge in [-0.25, -0.2) is 0 Å². The van der Waals surface area contributed by atoms with Gasteiger partial charge < -0.3 is 18.9 Å². The van der Waals surface area contributed by atoms with E-state index in [1.165, 1.54) is 103 Å². The van der Waals surface area contributed by atoms with E-state index in [1.807, 2.05) is 24.3 Å². The molecule has 0 fully saturated rings. The lowest BCUT2D eigenvalue weighted by Crippen LogP contribution is -2.15. The predicted octanol–water partition coefficient (Wildman–Crippen LogP) is 9.00. The maximum Gasteiger partial charge on any atom is 0.123 e. The molecule has 35 heavy (non-hydrogen) atoms. The molecular weight excluding hydrogens is 436 g/mol. The Morgan fingerprint density at radius 1 is 0.600 bits per heavy atom. The van der Waals surface area contributed by atoms with Crippen LogP contribution in [0.4, 0.5) is 0 Å². The van der Waals surface area contributed by atoms with Crippen LogP contribution in [0.5, 0.6) is 11.5 Å². The van der Waals surface area contributed by atoms with Crippen molar-refractivity contribution in [1.29, 1.82) is 0 Å². The zero-order valence-corrected chi connectivity index (χ0v) is 23.4. The average Bonchev–Trinajstić information content (AvgIpc) is 2.88. The van der Waals surface area contributed by atoms with Gasteiger partial charge in [-0.2, -0.15) is 0 Å². The number of unbranched alkanes of at least 4 members (excludes halogenated alkanes) is 12. The van der Waals surface area contributed by atoms with Gasteiger partial charge in [-0.05, 0) is 30.9 Å². The van der Waals surface area contributed by atoms with Crippen LogP contribution in [0.2, 0.25) is 0 Å². The molecule has 1 atom stereocenters. The summed E-state index contributed by atoms with van der Waals surface area (Å²) in [7, 11) is 1.66. The number of ether oxygens (including phenoxy) is 4. The number of rotatable bonds is 26. The second-order valence-corrected chi connectivity index (χ2v) is 9.90. The van der Waals surface area contributed by atoms with Crippen molar-refractivity contribution in [2.24, 2.45) is 5.92 Å². The Morgan fingerprint density at radius 2 is 1.11 bits per heavy atom. The van der Waals surface area contributed by atoms with Gasteiger partial charge in [0.2, 0.25) is 0 Å². The lowest BCUT2D eigenvalue weighted by atomic mass is 9.94. The van der Waals surface area contributed by atoms with Crippen LogP contribution in [0.1, 0.15) is 117 Å². The standard InChI is InChI=1S/C31H56O4/c1-4-6-8-10-12-13-15-17-20-29(19-16-14-11-9-7-5-2)28-34-24-23-33-25-26-35-31-22-18-21-30(27-31)32-3/h18,21-22,27,29H,4-17,19-20,23-26,28H2,1-3H3. The zero-order valence-electron chi connectivity index (χ0n) is 23.4. The zero-order chi connectivity index (χ0) is 25.2. The summed E-state index contributed by atoms with van der Waals surface area (Å²) in [6.07, 6.45) is 22.0. The molecule has 4 nitrogen and oxygen atoms in total. The van der Waals surface area contributed by atoms with Gasteiger partial charge in [0.15, 0.2) is 0 Å². The van der Waals surface area contributed by atoms with Crippen LogP contribution in [0.3, 0.4) is 0 Å². The number of methoxy groups -OCH3 is 1. The van der Waals surface area contributed by atoms with Crippen LogP contribution >= 0.6 is 0 Å². The summed E-state index contributed by atoms with van der Waals surface area (Å²) < 4.78 is 22.7. The molecule has 0 aromatic heterocycles. The number of benzene rings is 1. The van der Waals surface area contributed by atoms with Gasteiger partial charge in [0.05, 0.1) is 26.9 Å². The fourth-order valence-electron chi connectivity index (χ4n) is 4.47. The van der Waals surface area contributed by atoms with Crippen molar-refractivity contribution >= 4 is 0 Å². The third-order valence-electron chi connectivity index (χ3n) is 6.70. The van der Waals surface area contributed by atoms with E-state index in [9.17, 15) is 0 Å². The first kappa shape index (κ1) is 31.8. The monoisotopic (exact) mass is 492 g/mol. The van der Waals surface area contributed by atoms with E-state index < -0.39 is 0 Å². The predicted molar refractivity (Wildman–Crippen MR) is 149 cm³/mol. The average molecular weight is 493 g/mol. The largest absolute Gasteiger partial charge is 0.497 e. The SMILES string of the molecule is CCCCCCCCCCC(CCCCCCCC)COCCOCCOc1cccc(OC)c1. The van der Waals surface area contributed by atoms with E-state index in [2.05, 4.69) is 13.8 Å². The molecule has 0 radical (unpaired) electrons. The van der Waals surface area contributed by atoms with E-state index in [1.54, 1.807) is 7.11 Å². The molecule has 0 spiro atoms. The van der Waals surface area contributed by atoms with Crippen molar-refractivity contribution in [3.8, 4) is 11.5 Å². The van der Waals surface area contributed by atoms with Crippen molar-refractivity contribution in [2.75, 3.05) is 40.1 Å². The number of hydrogen-bond donors (Lipinski definition) is 0. The third-order valence-corrected chi connectivity index (χ3v) is 6.70. The van der Waals surface area contributed by atoms with Crippen LogP contribution < -0.4 is 9.47 Å². The molecule has 0 amide bonds. The first-order chi connectivity index (χ1) is 17.3. The minimum Gasteiger partial charge on any atom is -0.497 e. The van der Waals surface area contributed by atoms with Crippen molar-refractivity contribution in [1.82, 2.24) is 0 Å². The maximum absolute atomic E-state index is 6.03. The third kappa shape index (κ3) is 19.6. The highest BCUT2D eigenvalue weighted by Gasteiger charge is 2.09. The maximum atomic E-state index is 6.03. The number of hydrogen-bond acceptors (Lipinski definition) is 4. The van der Waals surface area contributed by atoms with Gasteiger partial charge in [0.1, 0.15) is 18.1 Å². The molecule has 0 saturated heterocycles.